The van der Waals surface area contributed by atoms with Crippen LogP contribution in [0.3, 0.4) is 0 Å². The molecule has 2 aromatic carbocycles. The number of hydrogen-bond donors (Lipinski definition) is 1. The molecular formula is C30H25F4N5O4. The lowest BCUT2D eigenvalue weighted by molar-refractivity contribution is -0.0589. The first kappa shape index (κ1) is 28.3. The normalized spacial score (nSPS) is 14.8. The number of carboxylic acid groups (broad SMARTS) is 1. The van der Waals surface area contributed by atoms with Gasteiger partial charge in [-0.15, -0.1) is 0 Å². The first-order valence-corrected chi connectivity index (χ1v) is 13.4. The summed E-state index contributed by atoms with van der Waals surface area (Å²) in [5.41, 5.74) is 1.54. The van der Waals surface area contributed by atoms with E-state index >= 15 is 8.78 Å². The van der Waals surface area contributed by atoms with Crippen LogP contribution in [-0.2, 0) is 24.3 Å². The number of fused-ring (bicyclic) bond motifs is 1. The van der Waals surface area contributed by atoms with Gasteiger partial charge in [-0.25, -0.2) is 28.5 Å². The molecule has 5 aromatic rings. The van der Waals surface area contributed by atoms with Gasteiger partial charge in [-0.3, -0.25) is 4.57 Å². The van der Waals surface area contributed by atoms with Crippen molar-refractivity contribution in [2.24, 2.45) is 0 Å². The fourth-order valence-corrected chi connectivity index (χ4v) is 4.98. The molecule has 0 aliphatic carbocycles. The Morgan fingerprint density at radius 2 is 1.93 bits per heavy atom. The third-order valence-electron chi connectivity index (χ3n) is 7.28. The number of pyridine rings is 1. The van der Waals surface area contributed by atoms with Crippen molar-refractivity contribution in [3.05, 3.63) is 94.8 Å². The number of alkyl halides is 2. The molecule has 0 unspecified atom stereocenters. The zero-order valence-electron chi connectivity index (χ0n) is 22.8. The lowest BCUT2D eigenvalue weighted by atomic mass is 10.0. The van der Waals surface area contributed by atoms with Gasteiger partial charge in [0.25, 0.3) is 0 Å². The minimum absolute atomic E-state index is 0.0475. The third-order valence-corrected chi connectivity index (χ3v) is 7.28. The average Bonchev–Trinajstić information content (AvgIpc) is 3.50. The summed E-state index contributed by atoms with van der Waals surface area (Å²) in [6, 6.07) is 11.3. The maximum atomic E-state index is 15.4. The fraction of sp³-hybridized carbons (Fsp3) is 0.267. The van der Waals surface area contributed by atoms with Crippen LogP contribution in [0.25, 0.3) is 22.3 Å². The highest BCUT2D eigenvalue weighted by Crippen LogP contribution is 2.29. The molecule has 9 nitrogen and oxygen atoms in total. The van der Waals surface area contributed by atoms with Crippen LogP contribution in [0.1, 0.15) is 46.2 Å². The van der Waals surface area contributed by atoms with E-state index in [-0.39, 0.29) is 58.9 Å². The summed E-state index contributed by atoms with van der Waals surface area (Å²) in [4.78, 5) is 24.4. The Morgan fingerprint density at radius 3 is 2.63 bits per heavy atom. The molecule has 0 radical (unpaired) electrons. The smallest absolute Gasteiger partial charge is 0.335 e. The number of aromatic carboxylic acids is 1. The number of aromatic nitrogens is 5. The lowest BCUT2D eigenvalue weighted by Gasteiger charge is -2.27. The van der Waals surface area contributed by atoms with E-state index in [1.54, 1.807) is 16.7 Å². The molecule has 4 heterocycles. The van der Waals surface area contributed by atoms with Gasteiger partial charge >= 0.3 is 12.5 Å². The van der Waals surface area contributed by atoms with Crippen molar-refractivity contribution in [3.8, 4) is 17.1 Å². The molecule has 222 valence electrons. The summed E-state index contributed by atoms with van der Waals surface area (Å²) < 4.78 is 70.5. The quantitative estimate of drug-likeness (QED) is 0.200. The summed E-state index contributed by atoms with van der Waals surface area (Å²) in [6.07, 6.45) is 1.87. The number of nitrogens with zero attached hydrogens (tertiary/aromatic N) is 5. The second kappa shape index (κ2) is 11.5. The van der Waals surface area contributed by atoms with E-state index in [1.807, 2.05) is 0 Å². The van der Waals surface area contributed by atoms with Crippen LogP contribution >= 0.6 is 0 Å². The highest BCUT2D eigenvalue weighted by Gasteiger charge is 2.24. The number of imidazole rings is 2. The van der Waals surface area contributed by atoms with Gasteiger partial charge in [0, 0.05) is 30.9 Å². The fourth-order valence-electron chi connectivity index (χ4n) is 4.98. The molecule has 0 spiro atoms. The van der Waals surface area contributed by atoms with Crippen molar-refractivity contribution in [3.63, 3.8) is 0 Å². The molecule has 13 heteroatoms. The molecule has 6 rings (SSSR count). The van der Waals surface area contributed by atoms with Crippen LogP contribution in [0.5, 0.6) is 5.88 Å². The van der Waals surface area contributed by atoms with E-state index in [2.05, 4.69) is 15.0 Å². The Hall–Kier alpha value is -4.78. The van der Waals surface area contributed by atoms with Crippen molar-refractivity contribution in [2.75, 3.05) is 6.61 Å². The Labute approximate surface area is 242 Å². The van der Waals surface area contributed by atoms with Gasteiger partial charge in [-0.1, -0.05) is 6.07 Å². The van der Waals surface area contributed by atoms with Crippen LogP contribution < -0.4 is 4.74 Å². The highest BCUT2D eigenvalue weighted by atomic mass is 19.3. The first-order chi connectivity index (χ1) is 20.7. The number of rotatable bonds is 10. The van der Waals surface area contributed by atoms with Gasteiger partial charge in [-0.05, 0) is 55.3 Å². The number of halogens is 4. The molecule has 1 aliphatic rings. The van der Waals surface area contributed by atoms with Crippen molar-refractivity contribution in [1.29, 1.82) is 0 Å². The van der Waals surface area contributed by atoms with E-state index in [0.717, 1.165) is 18.6 Å². The molecule has 1 saturated heterocycles. The minimum atomic E-state index is -2.73. The number of aryl methyl sites for hydroxylation is 1. The highest BCUT2D eigenvalue weighted by molar-refractivity contribution is 5.92. The number of carbonyl (C=O) groups is 1. The number of hydrogen-bond acceptors (Lipinski definition) is 6. The van der Waals surface area contributed by atoms with E-state index in [0.29, 0.717) is 34.6 Å². The Morgan fingerprint density at radius 1 is 1.12 bits per heavy atom. The van der Waals surface area contributed by atoms with E-state index in [4.69, 9.17) is 9.47 Å². The molecule has 3 aromatic heterocycles. The van der Waals surface area contributed by atoms with Gasteiger partial charge in [-0.2, -0.15) is 8.78 Å². The molecule has 0 bridgehead atoms. The van der Waals surface area contributed by atoms with Gasteiger partial charge in [0.2, 0.25) is 5.88 Å². The summed E-state index contributed by atoms with van der Waals surface area (Å²) in [5.74, 6) is -1.83. The Kier molecular flexibility index (Phi) is 7.57. The van der Waals surface area contributed by atoms with Crippen LogP contribution in [0, 0.1) is 18.6 Å². The van der Waals surface area contributed by atoms with Crippen LogP contribution in [0.2, 0.25) is 0 Å². The summed E-state index contributed by atoms with van der Waals surface area (Å²) in [5, 5.41) is 9.44. The van der Waals surface area contributed by atoms with Gasteiger partial charge in [0.1, 0.15) is 29.9 Å². The van der Waals surface area contributed by atoms with Gasteiger partial charge in [0.15, 0.2) is 0 Å². The third kappa shape index (κ3) is 5.80. The van der Waals surface area contributed by atoms with Crippen LogP contribution in [0.4, 0.5) is 17.6 Å². The van der Waals surface area contributed by atoms with E-state index in [1.165, 1.54) is 37.4 Å². The van der Waals surface area contributed by atoms with E-state index in [9.17, 15) is 18.7 Å². The largest absolute Gasteiger partial charge is 0.478 e. The Balaban J connectivity index is 1.25. The number of benzene rings is 2. The molecule has 0 amide bonds. The monoisotopic (exact) mass is 595 g/mol. The summed E-state index contributed by atoms with van der Waals surface area (Å²) in [7, 11) is 0. The molecule has 1 aliphatic heterocycles. The van der Waals surface area contributed by atoms with Crippen molar-refractivity contribution < 1.29 is 36.9 Å². The molecule has 1 fully saturated rings. The maximum absolute atomic E-state index is 15.4. The first-order valence-electron chi connectivity index (χ1n) is 13.4. The molecule has 1 N–H and O–H groups in total. The predicted octanol–water partition coefficient (Wildman–Crippen LogP) is 5.93. The summed E-state index contributed by atoms with van der Waals surface area (Å²) in [6.45, 7) is -0.409. The lowest BCUT2D eigenvalue weighted by Crippen LogP contribution is -2.31. The van der Waals surface area contributed by atoms with Crippen molar-refractivity contribution >= 4 is 17.0 Å². The predicted molar refractivity (Wildman–Crippen MR) is 146 cm³/mol. The SMILES string of the molecule is Cc1nc(COc2cccc(-c3cc(F)c(Cc4nc5ccc(C(=O)O)cc5n4C[C@@H]4CCO4)cc3F)n2)cn1C(F)F. The molecule has 43 heavy (non-hydrogen) atoms. The summed E-state index contributed by atoms with van der Waals surface area (Å²) >= 11 is 0. The number of ether oxygens (including phenoxy) is 2. The average molecular weight is 596 g/mol. The standard InChI is InChI=1S/C30H25F4N5O4/c1-16-35-19(13-38(16)30(33)34)15-43-28-4-2-3-24(37-28)21-12-22(31)18(9-23(21)32)11-27-36-25-6-5-17(29(40)41)10-26(25)39(27)14-20-7-8-42-20/h2-6,9-10,12-13,20,30H,7-8,11,14-15H2,1H3,(H,40,41)/t20-/m0/s1. The minimum Gasteiger partial charge on any atom is -0.478 e. The Bertz CT molecular complexity index is 1830. The van der Waals surface area contributed by atoms with Gasteiger partial charge < -0.3 is 19.1 Å². The van der Waals surface area contributed by atoms with Gasteiger partial charge in [0.05, 0.1) is 40.6 Å². The topological polar surface area (TPSA) is 104 Å². The van der Waals surface area contributed by atoms with Crippen molar-refractivity contribution in [2.45, 2.75) is 45.6 Å². The second-order valence-electron chi connectivity index (χ2n) is 10.1. The zero-order valence-corrected chi connectivity index (χ0v) is 22.8. The van der Waals surface area contributed by atoms with E-state index < -0.39 is 24.2 Å². The molecule has 0 saturated carbocycles. The molecular weight excluding hydrogens is 570 g/mol. The van der Waals surface area contributed by atoms with Crippen molar-refractivity contribution in [1.82, 2.24) is 24.1 Å². The molecule has 1 atom stereocenters. The number of carboxylic acids is 1. The zero-order chi connectivity index (χ0) is 30.2. The second-order valence-corrected chi connectivity index (χ2v) is 10.1. The maximum Gasteiger partial charge on any atom is 0.335 e. The van der Waals surface area contributed by atoms with Crippen LogP contribution in [0.15, 0.2) is 54.7 Å². The van der Waals surface area contributed by atoms with Crippen LogP contribution in [-0.4, -0.2) is 47.9 Å².